The first-order chi connectivity index (χ1) is 10.5. The van der Waals surface area contributed by atoms with Gasteiger partial charge in [-0.05, 0) is 77.9 Å². The molecule has 0 aliphatic heterocycles. The zero-order chi connectivity index (χ0) is 15.5. The normalized spacial score (nSPS) is 47.2. The van der Waals surface area contributed by atoms with Crippen LogP contribution < -0.4 is 0 Å². The molecule has 22 heavy (non-hydrogen) atoms. The second-order valence-corrected chi connectivity index (χ2v) is 8.91. The van der Waals surface area contributed by atoms with Crippen LogP contribution in [0.15, 0.2) is 23.3 Å². The van der Waals surface area contributed by atoms with E-state index in [4.69, 9.17) is 11.6 Å². The lowest BCUT2D eigenvalue weighted by Crippen LogP contribution is -2.48. The molecule has 5 atom stereocenters. The minimum Gasteiger partial charge on any atom is -0.295 e. The van der Waals surface area contributed by atoms with Crippen molar-refractivity contribution < 1.29 is 4.79 Å². The minimum absolute atomic E-state index is 0.182. The fourth-order valence-corrected chi connectivity index (χ4v) is 6.59. The van der Waals surface area contributed by atoms with Gasteiger partial charge >= 0.3 is 0 Å². The highest BCUT2D eigenvalue weighted by Crippen LogP contribution is 2.64. The average molecular weight is 319 g/mol. The standard InChI is InChI=1S/C20H27ClO/c1-19-7-3-4-16(19)15-10-13(12-21)18-11-14(22)5-9-20(18,2)17(15)6-8-19/h10-11,15-17H,3-9,12H2,1-2H3/t15-,16-,17-,19-,20+/m0/s1. The first-order valence-corrected chi connectivity index (χ1v) is 9.53. The summed E-state index contributed by atoms with van der Waals surface area (Å²) in [5.74, 6) is 3.09. The molecular weight excluding hydrogens is 292 g/mol. The maximum atomic E-state index is 12.0. The van der Waals surface area contributed by atoms with Crippen molar-refractivity contribution in [1.29, 1.82) is 0 Å². The Bertz CT molecular complexity index is 574. The van der Waals surface area contributed by atoms with Gasteiger partial charge in [0.15, 0.2) is 5.78 Å². The van der Waals surface area contributed by atoms with Crippen LogP contribution in [0.4, 0.5) is 0 Å². The van der Waals surface area contributed by atoms with Crippen LogP contribution in [0.3, 0.4) is 0 Å². The zero-order valence-electron chi connectivity index (χ0n) is 13.8. The van der Waals surface area contributed by atoms with Gasteiger partial charge in [0, 0.05) is 12.3 Å². The summed E-state index contributed by atoms with van der Waals surface area (Å²) in [7, 11) is 0. The molecule has 0 N–H and O–H groups in total. The van der Waals surface area contributed by atoms with Crippen molar-refractivity contribution in [1.82, 2.24) is 0 Å². The highest BCUT2D eigenvalue weighted by Gasteiger charge is 2.55. The predicted molar refractivity (Wildman–Crippen MR) is 90.9 cm³/mol. The van der Waals surface area contributed by atoms with Crippen molar-refractivity contribution in [3.63, 3.8) is 0 Å². The maximum absolute atomic E-state index is 12.0. The Kier molecular flexibility index (Phi) is 3.39. The molecule has 0 aromatic rings. The number of ketones is 1. The smallest absolute Gasteiger partial charge is 0.156 e. The number of carbonyl (C=O) groups excluding carboxylic acids is 1. The topological polar surface area (TPSA) is 17.1 Å². The largest absolute Gasteiger partial charge is 0.295 e. The molecule has 2 heteroatoms. The van der Waals surface area contributed by atoms with Gasteiger partial charge in [0.1, 0.15) is 0 Å². The maximum Gasteiger partial charge on any atom is 0.156 e. The molecular formula is C20H27ClO. The van der Waals surface area contributed by atoms with Crippen LogP contribution in [0.2, 0.25) is 0 Å². The lowest BCUT2D eigenvalue weighted by atomic mass is 9.48. The van der Waals surface area contributed by atoms with Gasteiger partial charge in [0.25, 0.3) is 0 Å². The third-order valence-corrected chi connectivity index (χ3v) is 7.92. The van der Waals surface area contributed by atoms with E-state index in [0.29, 0.717) is 23.0 Å². The molecule has 4 rings (SSSR count). The van der Waals surface area contributed by atoms with Gasteiger partial charge in [-0.15, -0.1) is 11.6 Å². The fraction of sp³-hybridized carbons (Fsp3) is 0.750. The summed E-state index contributed by atoms with van der Waals surface area (Å²) < 4.78 is 0. The van der Waals surface area contributed by atoms with Crippen molar-refractivity contribution in [3.8, 4) is 0 Å². The molecule has 4 aliphatic rings. The van der Waals surface area contributed by atoms with Gasteiger partial charge in [-0.1, -0.05) is 26.3 Å². The van der Waals surface area contributed by atoms with Crippen LogP contribution in [-0.4, -0.2) is 11.7 Å². The van der Waals surface area contributed by atoms with E-state index in [2.05, 4.69) is 19.9 Å². The van der Waals surface area contributed by atoms with Gasteiger partial charge in [-0.2, -0.15) is 0 Å². The Labute approximate surface area is 139 Å². The summed E-state index contributed by atoms with van der Waals surface area (Å²) in [5, 5.41) is 0. The van der Waals surface area contributed by atoms with E-state index in [1.807, 2.05) is 6.08 Å². The van der Waals surface area contributed by atoms with Crippen LogP contribution in [0.25, 0.3) is 0 Å². The summed E-state index contributed by atoms with van der Waals surface area (Å²) >= 11 is 6.30. The third kappa shape index (κ3) is 1.94. The number of rotatable bonds is 1. The number of allylic oxidation sites excluding steroid dienone is 4. The lowest BCUT2D eigenvalue weighted by molar-refractivity contribution is -0.116. The Balaban J connectivity index is 1.82. The van der Waals surface area contributed by atoms with Crippen molar-refractivity contribution in [2.45, 2.75) is 58.8 Å². The number of alkyl halides is 1. The van der Waals surface area contributed by atoms with E-state index in [0.717, 1.165) is 24.7 Å². The quantitative estimate of drug-likeness (QED) is 0.600. The van der Waals surface area contributed by atoms with E-state index in [-0.39, 0.29) is 5.41 Å². The Morgan fingerprint density at radius 2 is 2.00 bits per heavy atom. The first kappa shape index (κ1) is 15.0. The van der Waals surface area contributed by atoms with E-state index in [9.17, 15) is 4.79 Å². The molecule has 2 saturated carbocycles. The van der Waals surface area contributed by atoms with E-state index < -0.39 is 0 Å². The fourth-order valence-electron chi connectivity index (χ4n) is 6.36. The van der Waals surface area contributed by atoms with Crippen LogP contribution >= 0.6 is 11.6 Å². The van der Waals surface area contributed by atoms with Crippen molar-refractivity contribution in [2.75, 3.05) is 5.88 Å². The molecule has 1 nitrogen and oxygen atoms in total. The second-order valence-electron chi connectivity index (χ2n) is 8.64. The third-order valence-electron chi connectivity index (χ3n) is 7.63. The molecule has 0 unspecified atom stereocenters. The van der Waals surface area contributed by atoms with E-state index in [1.165, 1.54) is 43.3 Å². The molecule has 4 aliphatic carbocycles. The molecule has 0 saturated heterocycles. The molecule has 0 spiro atoms. The first-order valence-electron chi connectivity index (χ1n) is 9.00. The molecule has 0 heterocycles. The average Bonchev–Trinajstić information content (AvgIpc) is 2.89. The van der Waals surface area contributed by atoms with Gasteiger partial charge in [0.05, 0.1) is 0 Å². The van der Waals surface area contributed by atoms with E-state index >= 15 is 0 Å². The second kappa shape index (κ2) is 4.97. The lowest BCUT2D eigenvalue weighted by Gasteiger charge is -2.56. The van der Waals surface area contributed by atoms with Gasteiger partial charge < -0.3 is 0 Å². The minimum atomic E-state index is 0.182. The van der Waals surface area contributed by atoms with Crippen LogP contribution in [-0.2, 0) is 4.79 Å². The molecule has 120 valence electrons. The molecule has 0 radical (unpaired) electrons. The van der Waals surface area contributed by atoms with Gasteiger partial charge in [0.2, 0.25) is 0 Å². The molecule has 0 amide bonds. The molecule has 0 bridgehead atoms. The highest BCUT2D eigenvalue weighted by molar-refractivity contribution is 6.20. The van der Waals surface area contributed by atoms with E-state index in [1.54, 1.807) is 0 Å². The number of hydrogen-bond donors (Lipinski definition) is 0. The Morgan fingerprint density at radius 1 is 1.18 bits per heavy atom. The zero-order valence-corrected chi connectivity index (χ0v) is 14.6. The molecule has 0 aromatic carbocycles. The van der Waals surface area contributed by atoms with Crippen LogP contribution in [0.1, 0.15) is 58.8 Å². The van der Waals surface area contributed by atoms with Crippen molar-refractivity contribution in [3.05, 3.63) is 23.3 Å². The highest BCUT2D eigenvalue weighted by atomic mass is 35.5. The van der Waals surface area contributed by atoms with Crippen molar-refractivity contribution >= 4 is 17.4 Å². The predicted octanol–water partition coefficient (Wildman–Crippen LogP) is 5.29. The Hall–Kier alpha value is -0.560. The van der Waals surface area contributed by atoms with Crippen LogP contribution in [0, 0.1) is 28.6 Å². The summed E-state index contributed by atoms with van der Waals surface area (Å²) in [5.41, 5.74) is 3.27. The summed E-state index contributed by atoms with van der Waals surface area (Å²) in [4.78, 5) is 12.0. The summed E-state index contributed by atoms with van der Waals surface area (Å²) in [6, 6.07) is 0. The SMILES string of the molecule is C[C@@]12CCC[C@H]1[C@@H]1C=C(CCl)C3=CC(=O)CC[C@]3(C)[C@H]1CC2. The van der Waals surface area contributed by atoms with Crippen LogP contribution in [0.5, 0.6) is 0 Å². The number of hydrogen-bond acceptors (Lipinski definition) is 1. The summed E-state index contributed by atoms with van der Waals surface area (Å²) in [6.45, 7) is 4.94. The number of carbonyl (C=O) groups is 1. The van der Waals surface area contributed by atoms with Gasteiger partial charge in [-0.3, -0.25) is 4.79 Å². The Morgan fingerprint density at radius 3 is 2.77 bits per heavy atom. The monoisotopic (exact) mass is 318 g/mol. The number of fused-ring (bicyclic) bond motifs is 5. The number of halogens is 1. The molecule has 0 aromatic heterocycles. The van der Waals surface area contributed by atoms with Gasteiger partial charge in [-0.25, -0.2) is 0 Å². The molecule has 2 fully saturated rings. The van der Waals surface area contributed by atoms with Crippen molar-refractivity contribution in [2.24, 2.45) is 28.6 Å². The summed E-state index contributed by atoms with van der Waals surface area (Å²) in [6.07, 6.45) is 13.0.